The van der Waals surface area contributed by atoms with E-state index in [2.05, 4.69) is 15.6 Å². The van der Waals surface area contributed by atoms with E-state index in [0.29, 0.717) is 11.6 Å². The van der Waals surface area contributed by atoms with Crippen LogP contribution in [0.15, 0.2) is 42.6 Å². The van der Waals surface area contributed by atoms with Crippen LogP contribution >= 0.6 is 0 Å². The lowest BCUT2D eigenvalue weighted by atomic mass is 10.1. The molecule has 3 rings (SSSR count). The van der Waals surface area contributed by atoms with E-state index in [4.69, 9.17) is 4.74 Å². The van der Waals surface area contributed by atoms with E-state index >= 15 is 0 Å². The summed E-state index contributed by atoms with van der Waals surface area (Å²) in [4.78, 5) is 27.7. The predicted molar refractivity (Wildman–Crippen MR) is 94.0 cm³/mol. The number of rotatable bonds is 7. The second kappa shape index (κ2) is 7.95. The van der Waals surface area contributed by atoms with Gasteiger partial charge < -0.3 is 15.4 Å². The van der Waals surface area contributed by atoms with Crippen molar-refractivity contribution in [3.05, 3.63) is 54.0 Å². The smallest absolute Gasteiger partial charge is 0.258 e. The molecule has 0 saturated heterocycles. The minimum Gasteiger partial charge on any atom is -0.468 e. The van der Waals surface area contributed by atoms with Crippen molar-refractivity contribution >= 4 is 17.5 Å². The summed E-state index contributed by atoms with van der Waals surface area (Å²) < 4.78 is 18.3. The molecule has 1 aliphatic rings. The molecule has 0 aliphatic heterocycles. The fraction of sp³-hybridized carbons (Fsp3) is 0.316. The largest absolute Gasteiger partial charge is 0.468 e. The van der Waals surface area contributed by atoms with Crippen LogP contribution in [0.2, 0.25) is 0 Å². The van der Waals surface area contributed by atoms with Gasteiger partial charge in [0.1, 0.15) is 5.82 Å². The van der Waals surface area contributed by atoms with Gasteiger partial charge >= 0.3 is 0 Å². The standard InChI is InChI=1S/C19H20FN3O3/c1-12(13-4-6-15(20)7-5-13)22-17(24)11-26-18-9-8-16(10-21-18)23-19(25)14-2-3-14/h4-10,12,14H,2-3,11H2,1H3,(H,22,24)(H,23,25)/t12-/m1/s1. The van der Waals surface area contributed by atoms with Crippen LogP contribution in [0.1, 0.15) is 31.4 Å². The van der Waals surface area contributed by atoms with Crippen molar-refractivity contribution in [3.8, 4) is 5.88 Å². The molecule has 0 bridgehead atoms. The van der Waals surface area contributed by atoms with E-state index < -0.39 is 0 Å². The quantitative estimate of drug-likeness (QED) is 0.798. The van der Waals surface area contributed by atoms with Gasteiger partial charge in [-0.2, -0.15) is 0 Å². The maximum Gasteiger partial charge on any atom is 0.258 e. The Morgan fingerprint density at radius 1 is 1.23 bits per heavy atom. The molecule has 0 spiro atoms. The van der Waals surface area contributed by atoms with E-state index in [1.54, 1.807) is 31.2 Å². The molecular formula is C19H20FN3O3. The van der Waals surface area contributed by atoms with Crippen molar-refractivity contribution in [2.24, 2.45) is 5.92 Å². The third-order valence-electron chi connectivity index (χ3n) is 4.05. The number of amides is 2. The number of carbonyl (C=O) groups excluding carboxylic acids is 2. The van der Waals surface area contributed by atoms with E-state index in [9.17, 15) is 14.0 Å². The lowest BCUT2D eigenvalue weighted by molar-refractivity contribution is -0.123. The number of anilines is 1. The number of carbonyl (C=O) groups is 2. The summed E-state index contributed by atoms with van der Waals surface area (Å²) in [7, 11) is 0. The SMILES string of the molecule is C[C@@H](NC(=O)COc1ccc(NC(=O)C2CC2)cn1)c1ccc(F)cc1. The molecule has 1 aliphatic carbocycles. The first kappa shape index (κ1) is 17.8. The van der Waals surface area contributed by atoms with Crippen LogP contribution in [0.25, 0.3) is 0 Å². The Morgan fingerprint density at radius 3 is 2.58 bits per heavy atom. The number of pyridine rings is 1. The molecule has 1 aromatic carbocycles. The number of aromatic nitrogens is 1. The Bertz CT molecular complexity index is 774. The van der Waals surface area contributed by atoms with Gasteiger partial charge in [0.05, 0.1) is 17.9 Å². The van der Waals surface area contributed by atoms with Gasteiger partial charge in [-0.15, -0.1) is 0 Å². The van der Waals surface area contributed by atoms with Crippen LogP contribution in [0, 0.1) is 11.7 Å². The Balaban J connectivity index is 1.44. The second-order valence-electron chi connectivity index (χ2n) is 6.28. The first-order chi connectivity index (χ1) is 12.5. The van der Waals surface area contributed by atoms with Crippen molar-refractivity contribution in [3.63, 3.8) is 0 Å². The molecule has 1 saturated carbocycles. The Hall–Kier alpha value is -2.96. The van der Waals surface area contributed by atoms with Gasteiger partial charge in [0.15, 0.2) is 6.61 Å². The molecule has 1 fully saturated rings. The summed E-state index contributed by atoms with van der Waals surface area (Å²) in [6.45, 7) is 1.62. The van der Waals surface area contributed by atoms with Gasteiger partial charge in [-0.05, 0) is 43.5 Å². The Labute approximate surface area is 150 Å². The fourth-order valence-electron chi connectivity index (χ4n) is 2.39. The molecule has 1 atom stereocenters. The normalized spacial score (nSPS) is 14.4. The van der Waals surface area contributed by atoms with Crippen molar-refractivity contribution in [1.82, 2.24) is 10.3 Å². The molecule has 6 nitrogen and oxygen atoms in total. The van der Waals surface area contributed by atoms with Gasteiger partial charge in [0.2, 0.25) is 11.8 Å². The lowest BCUT2D eigenvalue weighted by Gasteiger charge is -2.14. The number of hydrogen-bond acceptors (Lipinski definition) is 4. The molecule has 0 radical (unpaired) electrons. The number of ether oxygens (including phenoxy) is 1. The van der Waals surface area contributed by atoms with Crippen LogP contribution in [-0.2, 0) is 9.59 Å². The molecule has 0 unspecified atom stereocenters. The molecule has 1 aromatic heterocycles. The van der Waals surface area contributed by atoms with E-state index in [1.165, 1.54) is 18.3 Å². The number of nitrogens with zero attached hydrogens (tertiary/aromatic N) is 1. The van der Waals surface area contributed by atoms with Gasteiger partial charge in [-0.25, -0.2) is 9.37 Å². The summed E-state index contributed by atoms with van der Waals surface area (Å²) in [6, 6.07) is 8.96. The van der Waals surface area contributed by atoms with E-state index in [0.717, 1.165) is 18.4 Å². The highest BCUT2D eigenvalue weighted by Crippen LogP contribution is 2.30. The van der Waals surface area contributed by atoms with Gasteiger partial charge in [0, 0.05) is 12.0 Å². The molecular weight excluding hydrogens is 337 g/mol. The van der Waals surface area contributed by atoms with E-state index in [1.807, 2.05) is 0 Å². The van der Waals surface area contributed by atoms with E-state index in [-0.39, 0.29) is 36.2 Å². The minimum absolute atomic E-state index is 0.00891. The fourth-order valence-corrected chi connectivity index (χ4v) is 2.39. The summed E-state index contributed by atoms with van der Waals surface area (Å²) in [6.07, 6.45) is 3.37. The van der Waals surface area contributed by atoms with Gasteiger partial charge in [-0.1, -0.05) is 12.1 Å². The Morgan fingerprint density at radius 2 is 1.96 bits per heavy atom. The first-order valence-electron chi connectivity index (χ1n) is 8.46. The van der Waals surface area contributed by atoms with Gasteiger partial charge in [0.25, 0.3) is 5.91 Å². The zero-order valence-corrected chi connectivity index (χ0v) is 14.4. The van der Waals surface area contributed by atoms with Crippen LogP contribution < -0.4 is 15.4 Å². The summed E-state index contributed by atoms with van der Waals surface area (Å²) in [5.74, 6) is -0.209. The van der Waals surface area contributed by atoms with Crippen LogP contribution in [-0.4, -0.2) is 23.4 Å². The topological polar surface area (TPSA) is 80.3 Å². The highest BCUT2D eigenvalue weighted by Gasteiger charge is 2.29. The monoisotopic (exact) mass is 357 g/mol. The number of halogens is 1. The highest BCUT2D eigenvalue weighted by atomic mass is 19.1. The zero-order chi connectivity index (χ0) is 18.5. The molecule has 136 valence electrons. The second-order valence-corrected chi connectivity index (χ2v) is 6.28. The third-order valence-corrected chi connectivity index (χ3v) is 4.05. The van der Waals surface area contributed by atoms with Crippen molar-refractivity contribution in [2.75, 3.05) is 11.9 Å². The average molecular weight is 357 g/mol. The maximum atomic E-state index is 12.9. The van der Waals surface area contributed by atoms with Crippen LogP contribution in [0.3, 0.4) is 0 Å². The predicted octanol–water partition coefficient (Wildman–Crippen LogP) is 2.83. The lowest BCUT2D eigenvalue weighted by Crippen LogP contribution is -2.31. The molecule has 2 aromatic rings. The molecule has 26 heavy (non-hydrogen) atoms. The number of benzene rings is 1. The summed E-state index contributed by atoms with van der Waals surface area (Å²) in [5.41, 5.74) is 1.40. The van der Waals surface area contributed by atoms with Crippen molar-refractivity contribution < 1.29 is 18.7 Å². The molecule has 2 amide bonds. The number of nitrogens with one attached hydrogen (secondary N) is 2. The number of hydrogen-bond donors (Lipinski definition) is 2. The molecule has 1 heterocycles. The summed E-state index contributed by atoms with van der Waals surface area (Å²) in [5, 5.41) is 5.55. The Kier molecular flexibility index (Phi) is 5.46. The summed E-state index contributed by atoms with van der Waals surface area (Å²) >= 11 is 0. The highest BCUT2D eigenvalue weighted by molar-refractivity contribution is 5.93. The minimum atomic E-state index is -0.321. The van der Waals surface area contributed by atoms with Gasteiger partial charge in [-0.3, -0.25) is 9.59 Å². The maximum absolute atomic E-state index is 12.9. The molecule has 7 heteroatoms. The van der Waals surface area contributed by atoms with Crippen molar-refractivity contribution in [1.29, 1.82) is 0 Å². The zero-order valence-electron chi connectivity index (χ0n) is 14.4. The average Bonchev–Trinajstić information content (AvgIpc) is 3.47. The third kappa shape index (κ3) is 5.02. The van der Waals surface area contributed by atoms with Crippen molar-refractivity contribution in [2.45, 2.75) is 25.8 Å². The molecule has 2 N–H and O–H groups in total. The van der Waals surface area contributed by atoms with Crippen LogP contribution in [0.4, 0.5) is 10.1 Å². The first-order valence-corrected chi connectivity index (χ1v) is 8.46. The van der Waals surface area contributed by atoms with Crippen LogP contribution in [0.5, 0.6) is 5.88 Å².